The monoisotopic (exact) mass is 356 g/mol. The average molecular weight is 356 g/mol. The second-order valence-corrected chi connectivity index (χ2v) is 5.96. The number of carbonyl (C=O) groups is 2. The fourth-order valence-corrected chi connectivity index (χ4v) is 2.42. The van der Waals surface area contributed by atoms with Crippen molar-refractivity contribution in [3.05, 3.63) is 60.2 Å². The van der Waals surface area contributed by atoms with E-state index in [4.69, 9.17) is 16.2 Å². The highest BCUT2D eigenvalue weighted by Gasteiger charge is 2.19. The molecule has 2 aromatic carbocycles. The number of ether oxygens (including phenoxy) is 1. The predicted octanol–water partition coefficient (Wildman–Crippen LogP) is 2.04. The number of urea groups is 1. The number of nitrogens with two attached hydrogens (primary N) is 2. The SMILES string of the molecule is C[C@@H](CN)NC(=O)CC(NC(N)=O)c1cccc(Oc2ccccc2)c1. The van der Waals surface area contributed by atoms with Gasteiger partial charge in [0.25, 0.3) is 0 Å². The first-order valence-corrected chi connectivity index (χ1v) is 8.36. The first-order chi connectivity index (χ1) is 12.5. The summed E-state index contributed by atoms with van der Waals surface area (Å²) < 4.78 is 5.80. The third kappa shape index (κ3) is 6.10. The molecule has 7 heteroatoms. The van der Waals surface area contributed by atoms with Gasteiger partial charge in [-0.15, -0.1) is 0 Å². The van der Waals surface area contributed by atoms with Crippen LogP contribution in [0.1, 0.15) is 24.9 Å². The summed E-state index contributed by atoms with van der Waals surface area (Å²) in [5.74, 6) is 1.07. The number of hydrogen-bond donors (Lipinski definition) is 4. The third-order valence-corrected chi connectivity index (χ3v) is 3.71. The first-order valence-electron chi connectivity index (χ1n) is 8.36. The van der Waals surface area contributed by atoms with Gasteiger partial charge < -0.3 is 26.8 Å². The third-order valence-electron chi connectivity index (χ3n) is 3.71. The van der Waals surface area contributed by atoms with Crippen LogP contribution in [0.3, 0.4) is 0 Å². The quantitative estimate of drug-likeness (QED) is 0.578. The van der Waals surface area contributed by atoms with Crippen molar-refractivity contribution < 1.29 is 14.3 Å². The van der Waals surface area contributed by atoms with E-state index in [2.05, 4.69) is 10.6 Å². The molecule has 0 aromatic heterocycles. The Morgan fingerprint density at radius 3 is 2.38 bits per heavy atom. The lowest BCUT2D eigenvalue weighted by molar-refractivity contribution is -0.122. The van der Waals surface area contributed by atoms with Crippen LogP contribution in [0.4, 0.5) is 4.79 Å². The molecule has 0 bridgehead atoms. The maximum atomic E-state index is 12.2. The molecule has 7 nitrogen and oxygen atoms in total. The second kappa shape index (κ2) is 9.43. The van der Waals surface area contributed by atoms with Gasteiger partial charge in [-0.25, -0.2) is 4.79 Å². The number of para-hydroxylation sites is 1. The lowest BCUT2D eigenvalue weighted by Crippen LogP contribution is -2.41. The second-order valence-electron chi connectivity index (χ2n) is 5.96. The van der Waals surface area contributed by atoms with Gasteiger partial charge in [0.1, 0.15) is 11.5 Å². The van der Waals surface area contributed by atoms with E-state index in [0.717, 1.165) is 0 Å². The number of rotatable bonds is 8. The van der Waals surface area contributed by atoms with Crippen LogP contribution in [0.25, 0.3) is 0 Å². The largest absolute Gasteiger partial charge is 0.457 e. The molecule has 2 atom stereocenters. The van der Waals surface area contributed by atoms with Gasteiger partial charge in [-0.3, -0.25) is 4.79 Å². The van der Waals surface area contributed by atoms with Gasteiger partial charge in [-0.05, 0) is 36.8 Å². The summed E-state index contributed by atoms with van der Waals surface area (Å²) in [6, 6.07) is 15.1. The standard InChI is InChI=1S/C19H24N4O3/c1-13(12-20)22-18(24)11-17(23-19(21)25)14-6-5-9-16(10-14)26-15-7-3-2-4-8-15/h2-10,13,17H,11-12,20H2,1H3,(H,22,24)(H3,21,23,25)/t13-,17?/m0/s1. The predicted molar refractivity (Wildman–Crippen MR) is 99.7 cm³/mol. The van der Waals surface area contributed by atoms with Crippen LogP contribution < -0.4 is 26.8 Å². The van der Waals surface area contributed by atoms with Crippen molar-refractivity contribution in [2.24, 2.45) is 11.5 Å². The highest BCUT2D eigenvalue weighted by molar-refractivity contribution is 5.79. The molecule has 6 N–H and O–H groups in total. The van der Waals surface area contributed by atoms with Crippen LogP contribution in [0, 0.1) is 0 Å². The summed E-state index contributed by atoms with van der Waals surface area (Å²) in [5.41, 5.74) is 11.5. The van der Waals surface area contributed by atoms with Crippen molar-refractivity contribution in [3.63, 3.8) is 0 Å². The Morgan fingerprint density at radius 2 is 1.73 bits per heavy atom. The number of carbonyl (C=O) groups excluding carboxylic acids is 2. The highest BCUT2D eigenvalue weighted by Crippen LogP contribution is 2.25. The minimum Gasteiger partial charge on any atom is -0.457 e. The lowest BCUT2D eigenvalue weighted by atomic mass is 10.0. The van der Waals surface area contributed by atoms with Crippen molar-refractivity contribution in [2.45, 2.75) is 25.4 Å². The number of nitrogens with one attached hydrogen (secondary N) is 2. The molecule has 1 unspecified atom stereocenters. The van der Waals surface area contributed by atoms with Crippen LogP contribution in [0.5, 0.6) is 11.5 Å². The van der Waals surface area contributed by atoms with Crippen LogP contribution in [-0.4, -0.2) is 24.5 Å². The molecule has 0 aliphatic rings. The molecular weight excluding hydrogens is 332 g/mol. The molecule has 0 heterocycles. The van der Waals surface area contributed by atoms with Crippen molar-refractivity contribution in [1.82, 2.24) is 10.6 Å². The smallest absolute Gasteiger partial charge is 0.312 e. The normalized spacial score (nSPS) is 12.7. The zero-order valence-electron chi connectivity index (χ0n) is 14.6. The van der Waals surface area contributed by atoms with Gasteiger partial charge in [0.05, 0.1) is 12.5 Å². The topological polar surface area (TPSA) is 119 Å². The zero-order valence-corrected chi connectivity index (χ0v) is 14.6. The van der Waals surface area contributed by atoms with E-state index >= 15 is 0 Å². The molecule has 0 saturated carbocycles. The highest BCUT2D eigenvalue weighted by atomic mass is 16.5. The molecule has 2 rings (SSSR count). The number of benzene rings is 2. The average Bonchev–Trinajstić information content (AvgIpc) is 2.61. The fraction of sp³-hybridized carbons (Fsp3) is 0.263. The van der Waals surface area contributed by atoms with Gasteiger partial charge in [0, 0.05) is 12.6 Å². The molecule has 0 fully saturated rings. The number of primary amides is 1. The number of hydrogen-bond acceptors (Lipinski definition) is 4. The van der Waals surface area contributed by atoms with Crippen molar-refractivity contribution in [1.29, 1.82) is 0 Å². The summed E-state index contributed by atoms with van der Waals surface area (Å²) in [6.07, 6.45) is 0.0437. The molecule has 26 heavy (non-hydrogen) atoms. The Kier molecular flexibility index (Phi) is 6.99. The Hall–Kier alpha value is -3.06. The lowest BCUT2D eigenvalue weighted by Gasteiger charge is -2.20. The van der Waals surface area contributed by atoms with E-state index in [9.17, 15) is 9.59 Å². The van der Waals surface area contributed by atoms with Crippen molar-refractivity contribution >= 4 is 11.9 Å². The minimum absolute atomic E-state index is 0.0437. The Morgan fingerprint density at radius 1 is 1.04 bits per heavy atom. The van der Waals surface area contributed by atoms with E-state index in [1.165, 1.54) is 0 Å². The van der Waals surface area contributed by atoms with Crippen molar-refractivity contribution in [3.8, 4) is 11.5 Å². The zero-order chi connectivity index (χ0) is 18.9. The Bertz CT molecular complexity index is 737. The summed E-state index contributed by atoms with van der Waals surface area (Å²) in [6.45, 7) is 2.14. The van der Waals surface area contributed by atoms with E-state index < -0.39 is 12.1 Å². The van der Waals surface area contributed by atoms with E-state index in [1.807, 2.05) is 37.3 Å². The van der Waals surface area contributed by atoms with Gasteiger partial charge in [0.2, 0.25) is 5.91 Å². The molecule has 138 valence electrons. The Balaban J connectivity index is 2.15. The van der Waals surface area contributed by atoms with Gasteiger partial charge in [0.15, 0.2) is 0 Å². The van der Waals surface area contributed by atoms with E-state index in [-0.39, 0.29) is 18.4 Å². The van der Waals surface area contributed by atoms with E-state index in [0.29, 0.717) is 23.6 Å². The van der Waals surface area contributed by atoms with Crippen LogP contribution in [-0.2, 0) is 4.79 Å². The first kappa shape index (κ1) is 19.3. The number of amides is 3. The summed E-state index contributed by atoms with van der Waals surface area (Å²) >= 11 is 0. The minimum atomic E-state index is -0.705. The molecular formula is C19H24N4O3. The molecule has 3 amide bonds. The fourth-order valence-electron chi connectivity index (χ4n) is 2.42. The summed E-state index contributed by atoms with van der Waals surface area (Å²) in [5, 5.41) is 5.37. The van der Waals surface area contributed by atoms with Crippen LogP contribution >= 0.6 is 0 Å². The molecule has 0 saturated heterocycles. The van der Waals surface area contributed by atoms with Gasteiger partial charge in [-0.2, -0.15) is 0 Å². The Labute approximate surface area is 152 Å². The van der Waals surface area contributed by atoms with Gasteiger partial charge >= 0.3 is 6.03 Å². The molecule has 0 radical (unpaired) electrons. The maximum absolute atomic E-state index is 12.2. The van der Waals surface area contributed by atoms with E-state index in [1.54, 1.807) is 24.3 Å². The molecule has 0 spiro atoms. The van der Waals surface area contributed by atoms with Crippen molar-refractivity contribution in [2.75, 3.05) is 6.54 Å². The van der Waals surface area contributed by atoms with Crippen LogP contribution in [0.2, 0.25) is 0 Å². The molecule has 2 aromatic rings. The van der Waals surface area contributed by atoms with Gasteiger partial charge in [-0.1, -0.05) is 30.3 Å². The summed E-state index contributed by atoms with van der Waals surface area (Å²) in [7, 11) is 0. The summed E-state index contributed by atoms with van der Waals surface area (Å²) in [4.78, 5) is 23.5. The molecule has 0 aliphatic carbocycles. The maximum Gasteiger partial charge on any atom is 0.312 e. The van der Waals surface area contributed by atoms with Crippen LogP contribution in [0.15, 0.2) is 54.6 Å². The molecule has 0 aliphatic heterocycles.